The van der Waals surface area contributed by atoms with Crippen molar-refractivity contribution < 1.29 is 9.18 Å². The maximum Gasteiger partial charge on any atom is 0.180 e. The van der Waals surface area contributed by atoms with Gasteiger partial charge in [0.05, 0.1) is 11.9 Å². The van der Waals surface area contributed by atoms with E-state index >= 15 is 0 Å². The van der Waals surface area contributed by atoms with Crippen LogP contribution in [-0.4, -0.2) is 49.5 Å². The topological polar surface area (TPSA) is 76.8 Å². The zero-order chi connectivity index (χ0) is 22.9. The minimum Gasteiger partial charge on any atom is -0.383 e. The highest BCUT2D eigenvalue weighted by molar-refractivity contribution is 6.22. The molecule has 7 nitrogen and oxygen atoms in total. The molecule has 0 atom stereocenters. The molecule has 8 heteroatoms. The summed E-state index contributed by atoms with van der Waals surface area (Å²) in [7, 11) is 3.77. The maximum absolute atomic E-state index is 14.2. The fourth-order valence-electron chi connectivity index (χ4n) is 3.77. The van der Waals surface area contributed by atoms with Crippen LogP contribution in [0.3, 0.4) is 0 Å². The number of allylic oxidation sites excluding steroid dienone is 1. The molecular weight excluding hydrogens is 419 g/mol. The summed E-state index contributed by atoms with van der Waals surface area (Å²) in [6.45, 7) is 0.240. The Kier molecular flexibility index (Phi) is 5.42. The fourth-order valence-corrected chi connectivity index (χ4v) is 3.77. The molecule has 1 aliphatic carbocycles. The summed E-state index contributed by atoms with van der Waals surface area (Å²) in [6, 6.07) is 10.3. The average molecular weight is 442 g/mol. The molecule has 166 valence electrons. The Morgan fingerprint density at radius 2 is 1.88 bits per heavy atom. The molecule has 0 N–H and O–H groups in total. The Hall–Kier alpha value is -3.94. The van der Waals surface area contributed by atoms with Crippen molar-refractivity contribution in [1.82, 2.24) is 29.6 Å². The largest absolute Gasteiger partial charge is 0.383 e. The van der Waals surface area contributed by atoms with Gasteiger partial charge in [0.25, 0.3) is 0 Å². The third-order valence-corrected chi connectivity index (χ3v) is 5.56. The molecule has 33 heavy (non-hydrogen) atoms. The van der Waals surface area contributed by atoms with E-state index in [1.54, 1.807) is 41.5 Å². The van der Waals surface area contributed by atoms with Gasteiger partial charge in [-0.1, -0.05) is 18.2 Å². The molecule has 0 radical (unpaired) electrons. The molecule has 0 saturated heterocycles. The molecule has 0 unspecified atom stereocenters. The predicted octanol–water partition coefficient (Wildman–Crippen LogP) is 3.96. The summed E-state index contributed by atoms with van der Waals surface area (Å²) < 4.78 is 15.9. The van der Waals surface area contributed by atoms with Gasteiger partial charge in [0.2, 0.25) is 0 Å². The van der Waals surface area contributed by atoms with E-state index in [0.717, 1.165) is 18.2 Å². The van der Waals surface area contributed by atoms with Crippen LogP contribution in [0.4, 0.5) is 4.39 Å². The first kappa shape index (κ1) is 20.9. The number of aromatic nitrogens is 5. The number of carbonyl (C=O) groups is 1. The van der Waals surface area contributed by atoms with Crippen LogP contribution in [0.1, 0.15) is 24.0 Å². The van der Waals surface area contributed by atoms with Crippen LogP contribution < -0.4 is 0 Å². The van der Waals surface area contributed by atoms with E-state index in [2.05, 4.69) is 20.1 Å². The molecule has 3 aromatic heterocycles. The molecule has 0 spiro atoms. The number of halogens is 1. The summed E-state index contributed by atoms with van der Waals surface area (Å²) >= 11 is 0. The molecule has 4 aromatic rings. The third-order valence-electron chi connectivity index (χ3n) is 5.56. The van der Waals surface area contributed by atoms with E-state index in [0.29, 0.717) is 33.9 Å². The highest BCUT2D eigenvalue weighted by Crippen LogP contribution is 2.35. The summed E-state index contributed by atoms with van der Waals surface area (Å²) in [6.07, 6.45) is 8.69. The lowest BCUT2D eigenvalue weighted by molar-refractivity contribution is -0.114. The van der Waals surface area contributed by atoms with Crippen molar-refractivity contribution in [1.29, 1.82) is 0 Å². The first-order chi connectivity index (χ1) is 16.0. The SMILES string of the molecule is CN(C)/C=C(/C(=O)C1CC1)c1cnc(-c2nn(Cc3ccccc3F)c3ncccc23)nc1. The van der Waals surface area contributed by atoms with Crippen molar-refractivity contribution in [2.45, 2.75) is 19.4 Å². The van der Waals surface area contributed by atoms with Crippen molar-refractivity contribution in [2.75, 3.05) is 14.1 Å². The smallest absolute Gasteiger partial charge is 0.180 e. The van der Waals surface area contributed by atoms with Crippen LogP contribution in [0.5, 0.6) is 0 Å². The molecule has 1 fully saturated rings. The Labute approximate surface area is 190 Å². The fraction of sp³-hybridized carbons (Fsp3) is 0.240. The average Bonchev–Trinajstić information content (AvgIpc) is 3.61. The van der Waals surface area contributed by atoms with Gasteiger partial charge in [0.1, 0.15) is 11.5 Å². The maximum atomic E-state index is 14.2. The highest BCUT2D eigenvalue weighted by atomic mass is 19.1. The number of benzene rings is 1. The minimum absolute atomic E-state index is 0.0972. The van der Waals surface area contributed by atoms with Crippen LogP contribution in [0.2, 0.25) is 0 Å². The Balaban J connectivity index is 1.52. The second-order valence-corrected chi connectivity index (χ2v) is 8.41. The van der Waals surface area contributed by atoms with Gasteiger partial charge in [-0.2, -0.15) is 5.10 Å². The van der Waals surface area contributed by atoms with Crippen molar-refractivity contribution >= 4 is 22.4 Å². The summed E-state index contributed by atoms with van der Waals surface area (Å²) in [5.41, 5.74) is 3.00. The molecule has 0 bridgehead atoms. The van der Waals surface area contributed by atoms with Gasteiger partial charge in [-0.25, -0.2) is 24.0 Å². The second-order valence-electron chi connectivity index (χ2n) is 8.41. The number of rotatable bonds is 7. The number of Topliss-reactive ketones (excluding diaryl/α,β-unsaturated/α-hetero) is 1. The summed E-state index contributed by atoms with van der Waals surface area (Å²) in [4.78, 5) is 28.1. The number of nitrogens with zero attached hydrogens (tertiary/aromatic N) is 6. The zero-order valence-electron chi connectivity index (χ0n) is 18.4. The van der Waals surface area contributed by atoms with Crippen molar-refractivity contribution in [3.05, 3.63) is 78.1 Å². The van der Waals surface area contributed by atoms with E-state index in [-0.39, 0.29) is 24.1 Å². The summed E-state index contributed by atoms with van der Waals surface area (Å²) in [5, 5.41) is 5.44. The van der Waals surface area contributed by atoms with Crippen LogP contribution in [0, 0.1) is 11.7 Å². The van der Waals surface area contributed by atoms with Gasteiger partial charge >= 0.3 is 0 Å². The number of carbonyl (C=O) groups excluding carboxylic acids is 1. The van der Waals surface area contributed by atoms with Gasteiger partial charge in [-0.15, -0.1) is 0 Å². The van der Waals surface area contributed by atoms with Gasteiger partial charge in [0, 0.05) is 61.5 Å². The number of hydrogen-bond acceptors (Lipinski definition) is 6. The first-order valence-corrected chi connectivity index (χ1v) is 10.8. The number of pyridine rings is 1. The quantitative estimate of drug-likeness (QED) is 0.403. The monoisotopic (exact) mass is 442 g/mol. The van der Waals surface area contributed by atoms with Crippen LogP contribution in [0.15, 0.2) is 61.2 Å². The molecule has 5 rings (SSSR count). The van der Waals surface area contributed by atoms with Crippen LogP contribution in [0.25, 0.3) is 28.1 Å². The molecule has 1 aliphatic rings. The lowest BCUT2D eigenvalue weighted by Crippen LogP contribution is -2.11. The van der Waals surface area contributed by atoms with Crippen LogP contribution in [-0.2, 0) is 11.3 Å². The molecule has 0 aliphatic heterocycles. The Morgan fingerprint density at radius 3 is 2.58 bits per heavy atom. The molecule has 1 aromatic carbocycles. The molecule has 1 saturated carbocycles. The Bertz CT molecular complexity index is 1360. The van der Waals surface area contributed by atoms with Crippen molar-refractivity contribution in [3.8, 4) is 11.5 Å². The van der Waals surface area contributed by atoms with Gasteiger partial charge in [-0.3, -0.25) is 4.79 Å². The minimum atomic E-state index is -0.292. The van der Waals surface area contributed by atoms with Gasteiger partial charge < -0.3 is 4.90 Å². The third kappa shape index (κ3) is 4.24. The standard InChI is InChI=1S/C25H23FN6O/c1-31(2)15-20(23(33)16-9-10-16)18-12-28-24(29-13-18)22-19-7-5-11-27-25(19)32(30-22)14-17-6-3-4-8-21(17)26/h3-8,11-13,15-16H,9-10,14H2,1-2H3/b20-15+. The van der Waals surface area contributed by atoms with Gasteiger partial charge in [0.15, 0.2) is 17.3 Å². The number of ketones is 1. The molecular formula is C25H23FN6O. The predicted molar refractivity (Wildman–Crippen MR) is 123 cm³/mol. The van der Waals surface area contributed by atoms with Crippen molar-refractivity contribution in [3.63, 3.8) is 0 Å². The second kappa shape index (κ2) is 8.54. The Morgan fingerprint density at radius 1 is 1.12 bits per heavy atom. The first-order valence-electron chi connectivity index (χ1n) is 10.8. The number of fused-ring (bicyclic) bond motifs is 1. The summed E-state index contributed by atoms with van der Waals surface area (Å²) in [5.74, 6) is 0.357. The van der Waals surface area contributed by atoms with Crippen LogP contribution >= 0.6 is 0 Å². The molecule has 0 amide bonds. The van der Waals surface area contributed by atoms with Crippen molar-refractivity contribution in [2.24, 2.45) is 5.92 Å². The highest BCUT2D eigenvalue weighted by Gasteiger charge is 2.32. The molecule has 3 heterocycles. The van der Waals surface area contributed by atoms with Gasteiger partial charge in [-0.05, 0) is 31.0 Å². The zero-order valence-corrected chi connectivity index (χ0v) is 18.4. The lowest BCUT2D eigenvalue weighted by Gasteiger charge is -2.11. The van der Waals surface area contributed by atoms with E-state index in [9.17, 15) is 9.18 Å². The van der Waals surface area contributed by atoms with E-state index in [1.165, 1.54) is 6.07 Å². The normalized spacial score (nSPS) is 14.0. The number of hydrogen-bond donors (Lipinski definition) is 0. The van der Waals surface area contributed by atoms with E-state index in [4.69, 9.17) is 0 Å². The lowest BCUT2D eigenvalue weighted by atomic mass is 10.0. The van der Waals surface area contributed by atoms with E-state index in [1.807, 2.05) is 37.3 Å². The van der Waals surface area contributed by atoms with E-state index < -0.39 is 0 Å².